The molecule has 92 valence electrons. The average molecular weight is 256 g/mol. The molecule has 0 aliphatic rings. The third-order valence-corrected chi connectivity index (χ3v) is 2.84. The molecule has 0 saturated heterocycles. The summed E-state index contributed by atoms with van der Waals surface area (Å²) < 4.78 is 10.8. The van der Waals surface area contributed by atoms with Crippen molar-refractivity contribution >= 4 is 11.0 Å². The van der Waals surface area contributed by atoms with Gasteiger partial charge < -0.3 is 9.47 Å². The van der Waals surface area contributed by atoms with E-state index in [0.29, 0.717) is 0 Å². The Balaban J connectivity index is 0.00000162. The summed E-state index contributed by atoms with van der Waals surface area (Å²) in [5.41, 5.74) is 3.45. The van der Waals surface area contributed by atoms with Gasteiger partial charge in [-0.3, -0.25) is 0 Å². The van der Waals surface area contributed by atoms with Gasteiger partial charge in [0.2, 0.25) is 0 Å². The summed E-state index contributed by atoms with van der Waals surface area (Å²) in [5, 5.41) is 0. The van der Waals surface area contributed by atoms with Crippen LogP contribution in [0, 0.1) is 6.92 Å². The summed E-state index contributed by atoms with van der Waals surface area (Å²) in [6.45, 7) is 2.09. The van der Waals surface area contributed by atoms with Gasteiger partial charge in [-0.05, 0) is 24.1 Å². The molecule has 3 heteroatoms. The molecule has 2 aromatic carbocycles. The van der Waals surface area contributed by atoms with Crippen molar-refractivity contribution in [1.29, 1.82) is 0 Å². The maximum absolute atomic E-state index is 5.45. The lowest BCUT2D eigenvalue weighted by atomic mass is 9.99. The van der Waals surface area contributed by atoms with Gasteiger partial charge in [0, 0.05) is 16.5 Å². The van der Waals surface area contributed by atoms with Crippen molar-refractivity contribution in [3.8, 4) is 22.6 Å². The molecule has 0 spiro atoms. The van der Waals surface area contributed by atoms with Crippen LogP contribution in [0.25, 0.3) is 11.1 Å². The summed E-state index contributed by atoms with van der Waals surface area (Å²) in [5.74, 6) is 1.54. The topological polar surface area (TPSA) is 18.5 Å². The molecular formula is C15H16O2Si. The molecule has 0 aliphatic heterocycles. The van der Waals surface area contributed by atoms with E-state index >= 15 is 0 Å². The molecule has 2 aromatic rings. The highest BCUT2D eigenvalue weighted by molar-refractivity contribution is 5.76. The largest absolute Gasteiger partial charge is 0.493 e. The lowest BCUT2D eigenvalue weighted by Gasteiger charge is -2.14. The average Bonchev–Trinajstić information content (AvgIpc) is 2.38. The fraction of sp³-hybridized carbons (Fsp3) is 0.200. The first-order valence-corrected chi connectivity index (χ1v) is 5.55. The van der Waals surface area contributed by atoms with E-state index < -0.39 is 0 Å². The van der Waals surface area contributed by atoms with Crippen LogP contribution in [-0.2, 0) is 0 Å². The first-order chi connectivity index (χ1) is 8.27. The molecule has 18 heavy (non-hydrogen) atoms. The number of rotatable bonds is 3. The van der Waals surface area contributed by atoms with E-state index in [0.717, 1.165) is 17.1 Å². The Bertz CT molecular complexity index is 524. The van der Waals surface area contributed by atoms with Crippen LogP contribution in [0.1, 0.15) is 5.56 Å². The van der Waals surface area contributed by atoms with Crippen LogP contribution in [-0.4, -0.2) is 25.2 Å². The van der Waals surface area contributed by atoms with Gasteiger partial charge in [-0.15, -0.1) is 0 Å². The lowest BCUT2D eigenvalue weighted by Crippen LogP contribution is -1.94. The molecule has 0 amide bonds. The summed E-state index contributed by atoms with van der Waals surface area (Å²) in [6.07, 6.45) is 0. The molecule has 2 rings (SSSR count). The van der Waals surface area contributed by atoms with E-state index in [1.807, 2.05) is 30.3 Å². The van der Waals surface area contributed by atoms with E-state index in [2.05, 4.69) is 19.1 Å². The van der Waals surface area contributed by atoms with Gasteiger partial charge in [0.05, 0.1) is 14.2 Å². The Hall–Kier alpha value is -1.74. The zero-order valence-electron chi connectivity index (χ0n) is 10.9. The summed E-state index contributed by atoms with van der Waals surface area (Å²) in [6, 6.07) is 14.2. The fourth-order valence-corrected chi connectivity index (χ4v) is 1.97. The summed E-state index contributed by atoms with van der Waals surface area (Å²) in [4.78, 5) is 0. The van der Waals surface area contributed by atoms with Crippen molar-refractivity contribution in [2.45, 2.75) is 6.92 Å². The van der Waals surface area contributed by atoms with Gasteiger partial charge in [0.1, 0.15) is 0 Å². The van der Waals surface area contributed by atoms with Gasteiger partial charge in [-0.1, -0.05) is 36.4 Å². The minimum absolute atomic E-state index is 0. The van der Waals surface area contributed by atoms with Crippen molar-refractivity contribution in [2.75, 3.05) is 14.2 Å². The number of hydrogen-bond acceptors (Lipinski definition) is 2. The standard InChI is InChI=1S/C15H16O2.Si/c1-11-7-4-5-8-12(11)13-9-6-10-14(16-2)15(13)17-3;/h4-10H,1-3H3;. The Morgan fingerprint density at radius 1 is 0.778 bits per heavy atom. The summed E-state index contributed by atoms with van der Waals surface area (Å²) >= 11 is 0. The van der Waals surface area contributed by atoms with Gasteiger partial charge in [-0.2, -0.15) is 0 Å². The summed E-state index contributed by atoms with van der Waals surface area (Å²) in [7, 11) is 3.32. The second-order valence-electron chi connectivity index (χ2n) is 3.86. The molecule has 0 fully saturated rings. The highest BCUT2D eigenvalue weighted by atomic mass is 28.1. The molecular weight excluding hydrogens is 240 g/mol. The molecule has 0 atom stereocenters. The highest BCUT2D eigenvalue weighted by Gasteiger charge is 2.12. The van der Waals surface area contributed by atoms with E-state index in [1.165, 1.54) is 11.1 Å². The van der Waals surface area contributed by atoms with Crippen molar-refractivity contribution in [3.63, 3.8) is 0 Å². The van der Waals surface area contributed by atoms with Crippen LogP contribution in [0.5, 0.6) is 11.5 Å². The minimum Gasteiger partial charge on any atom is -0.493 e. The van der Waals surface area contributed by atoms with Gasteiger partial charge in [0.15, 0.2) is 11.5 Å². The van der Waals surface area contributed by atoms with Crippen molar-refractivity contribution in [3.05, 3.63) is 48.0 Å². The molecule has 0 aliphatic carbocycles. The number of benzene rings is 2. The third-order valence-electron chi connectivity index (χ3n) is 2.84. The number of hydrogen-bond donors (Lipinski definition) is 0. The van der Waals surface area contributed by atoms with E-state index in [9.17, 15) is 0 Å². The maximum Gasteiger partial charge on any atom is 0.168 e. The Morgan fingerprint density at radius 2 is 1.44 bits per heavy atom. The van der Waals surface area contributed by atoms with Crippen molar-refractivity contribution in [2.24, 2.45) is 0 Å². The predicted octanol–water partition coefficient (Wildman–Crippen LogP) is 3.30. The smallest absolute Gasteiger partial charge is 0.168 e. The minimum atomic E-state index is 0. The van der Waals surface area contributed by atoms with Gasteiger partial charge >= 0.3 is 0 Å². The Kier molecular flexibility index (Phi) is 4.98. The zero-order valence-corrected chi connectivity index (χ0v) is 11.9. The maximum atomic E-state index is 5.45. The van der Waals surface area contributed by atoms with Crippen molar-refractivity contribution < 1.29 is 9.47 Å². The second-order valence-corrected chi connectivity index (χ2v) is 3.86. The first-order valence-electron chi connectivity index (χ1n) is 5.55. The molecule has 2 nitrogen and oxygen atoms in total. The van der Waals surface area contributed by atoms with E-state index in [-0.39, 0.29) is 11.0 Å². The third kappa shape index (κ3) is 2.56. The SMILES string of the molecule is COc1cccc(-c2ccccc2C)c1OC.[Si]. The van der Waals surface area contributed by atoms with Crippen LogP contribution in [0.4, 0.5) is 0 Å². The van der Waals surface area contributed by atoms with Gasteiger partial charge in [-0.25, -0.2) is 0 Å². The molecule has 0 bridgehead atoms. The molecule has 0 heterocycles. The number of ether oxygens (including phenoxy) is 2. The lowest BCUT2D eigenvalue weighted by molar-refractivity contribution is 0.356. The fourth-order valence-electron chi connectivity index (χ4n) is 1.97. The quantitative estimate of drug-likeness (QED) is 0.785. The zero-order chi connectivity index (χ0) is 12.3. The number of methoxy groups -OCH3 is 2. The van der Waals surface area contributed by atoms with Crippen LogP contribution in [0.2, 0.25) is 0 Å². The molecule has 0 unspecified atom stereocenters. The monoisotopic (exact) mass is 256 g/mol. The molecule has 0 N–H and O–H groups in total. The number of aryl methyl sites for hydroxylation is 1. The Labute approximate surface area is 113 Å². The van der Waals surface area contributed by atoms with Crippen LogP contribution in [0.3, 0.4) is 0 Å². The van der Waals surface area contributed by atoms with Crippen LogP contribution in [0.15, 0.2) is 42.5 Å². The molecule has 0 saturated carbocycles. The molecule has 0 aromatic heterocycles. The highest BCUT2D eigenvalue weighted by Crippen LogP contribution is 2.38. The van der Waals surface area contributed by atoms with Gasteiger partial charge in [0.25, 0.3) is 0 Å². The van der Waals surface area contributed by atoms with E-state index in [1.54, 1.807) is 14.2 Å². The second kappa shape index (κ2) is 6.26. The van der Waals surface area contributed by atoms with Crippen molar-refractivity contribution in [1.82, 2.24) is 0 Å². The first kappa shape index (κ1) is 14.3. The van der Waals surface area contributed by atoms with E-state index in [4.69, 9.17) is 9.47 Å². The van der Waals surface area contributed by atoms with Crippen LogP contribution < -0.4 is 9.47 Å². The Morgan fingerprint density at radius 3 is 2.06 bits per heavy atom. The predicted molar refractivity (Wildman–Crippen MR) is 75.5 cm³/mol. The normalized spacial score (nSPS) is 9.50. The van der Waals surface area contributed by atoms with Crippen LogP contribution >= 0.6 is 0 Å². The molecule has 4 radical (unpaired) electrons. The number of para-hydroxylation sites is 1.